The fourth-order valence-corrected chi connectivity index (χ4v) is 3.84. The maximum Gasteiger partial charge on any atom is 0.109 e. The van der Waals surface area contributed by atoms with Crippen LogP contribution < -0.4 is 0 Å². The normalized spacial score (nSPS) is 24.5. The van der Waals surface area contributed by atoms with E-state index in [9.17, 15) is 5.11 Å². The van der Waals surface area contributed by atoms with Crippen LogP contribution in [0.15, 0.2) is 0 Å². The molecule has 0 rings (SSSR count). The van der Waals surface area contributed by atoms with Gasteiger partial charge in [0.05, 0.1) is 0 Å². The average Bonchev–Trinajstić information content (AvgIpc) is 2.55. The van der Waals surface area contributed by atoms with Gasteiger partial charge in [0.2, 0.25) is 0 Å². The predicted molar refractivity (Wildman–Crippen MR) is 112 cm³/mol. The molecule has 0 aromatic rings. The van der Waals surface area contributed by atoms with Gasteiger partial charge in [-0.05, 0) is 29.4 Å². The summed E-state index contributed by atoms with van der Waals surface area (Å²) >= 11 is 0. The van der Waals surface area contributed by atoms with Crippen LogP contribution in [-0.4, -0.2) is 42.6 Å². The summed E-state index contributed by atoms with van der Waals surface area (Å²) in [7, 11) is 9.21. The molecule has 0 saturated carbocycles. The minimum Gasteiger partial charge on any atom is -0.394 e. The zero-order valence-electron chi connectivity index (χ0n) is 17.1. The molecular weight excluding hydrogens is 263 g/mol. The highest BCUT2D eigenvalue weighted by molar-refractivity contribution is 6.22. The van der Waals surface area contributed by atoms with Crippen LogP contribution in [0.5, 0.6) is 0 Å². The molecule has 0 spiro atoms. The molecule has 0 bridgehead atoms. The maximum absolute atomic E-state index is 10.9. The lowest BCUT2D eigenvalue weighted by Crippen LogP contribution is -2.34. The Balaban J connectivity index is 4.82. The lowest BCUT2D eigenvalue weighted by Gasteiger charge is -2.39. The Kier molecular flexibility index (Phi) is 10.3. The molecule has 1 N–H and O–H groups in total. The molecule has 22 heavy (non-hydrogen) atoms. The van der Waals surface area contributed by atoms with E-state index < -0.39 is 0 Å². The van der Waals surface area contributed by atoms with E-state index in [2.05, 4.69) is 72.9 Å². The van der Waals surface area contributed by atoms with Crippen LogP contribution in [0, 0.1) is 23.7 Å². The Morgan fingerprint density at radius 3 is 1.55 bits per heavy atom. The predicted octanol–water partition coefficient (Wildman–Crippen LogP) is 1.40. The molecule has 9 unspecified atom stereocenters. The summed E-state index contributed by atoms with van der Waals surface area (Å²) in [6.07, 6.45) is 2.26. The third-order valence-corrected chi connectivity index (χ3v) is 7.48. The second-order valence-corrected chi connectivity index (χ2v) is 8.42. The van der Waals surface area contributed by atoms with Gasteiger partial charge in [0.25, 0.3) is 0 Å². The van der Waals surface area contributed by atoms with Gasteiger partial charge in [-0.15, -0.1) is 0 Å². The molecule has 0 aliphatic carbocycles. The van der Waals surface area contributed by atoms with Crippen molar-refractivity contribution < 1.29 is 5.11 Å². The minimum atomic E-state index is -0.192. The first-order chi connectivity index (χ1) is 10.1. The number of rotatable bonds is 10. The molecule has 9 atom stereocenters. The number of hydrogen-bond acceptors (Lipinski definition) is 1. The quantitative estimate of drug-likeness (QED) is 0.605. The maximum atomic E-state index is 10.9. The molecule has 0 fully saturated rings. The molecule has 126 valence electrons. The Bertz CT molecular complexity index is 274. The molecule has 0 aliphatic heterocycles. The molecule has 0 aromatic heterocycles. The molecule has 1 nitrogen and oxygen atoms in total. The number of hydrogen-bond donors (Lipinski definition) is 1. The Morgan fingerprint density at radius 1 is 0.682 bits per heavy atom. The van der Waals surface area contributed by atoms with Crippen LogP contribution >= 0.6 is 0 Å². The monoisotopic (exact) mass is 304 g/mol. The minimum absolute atomic E-state index is 0.192. The zero-order valence-corrected chi connectivity index (χ0v) is 17.1. The van der Waals surface area contributed by atoms with E-state index in [1.54, 1.807) is 0 Å². The first kappa shape index (κ1) is 22.2. The number of aliphatic hydroxyl groups is 1. The Labute approximate surface area is 144 Å². The van der Waals surface area contributed by atoms with Gasteiger partial charge in [0, 0.05) is 6.10 Å². The van der Waals surface area contributed by atoms with Crippen LogP contribution in [0.4, 0.5) is 0 Å². The second kappa shape index (κ2) is 10.2. The van der Waals surface area contributed by atoms with Gasteiger partial charge in [0.15, 0.2) is 0 Å². The number of aliphatic hydroxyl groups excluding tert-OH is 1. The highest BCUT2D eigenvalue weighted by atomic mass is 16.3. The van der Waals surface area contributed by atoms with Gasteiger partial charge in [-0.1, -0.05) is 71.9 Å². The smallest absolute Gasteiger partial charge is 0.109 e. The van der Waals surface area contributed by atoms with Gasteiger partial charge >= 0.3 is 0 Å². The highest BCUT2D eigenvalue weighted by Gasteiger charge is 2.34. The first-order valence-corrected chi connectivity index (χ1v) is 9.77. The molecule has 0 amide bonds. The largest absolute Gasteiger partial charge is 0.394 e. The summed E-state index contributed by atoms with van der Waals surface area (Å²) in [5.41, 5.74) is 0. The Morgan fingerprint density at radius 2 is 1.14 bits per heavy atom. The molecule has 0 aromatic carbocycles. The molecule has 0 aliphatic rings. The topological polar surface area (TPSA) is 20.2 Å². The van der Waals surface area contributed by atoms with Crippen LogP contribution in [-0.2, 0) is 0 Å². The van der Waals surface area contributed by atoms with E-state index in [4.69, 9.17) is 0 Å². The van der Waals surface area contributed by atoms with Gasteiger partial charge in [0.1, 0.15) is 31.4 Å². The average molecular weight is 304 g/mol. The zero-order chi connectivity index (χ0) is 17.6. The van der Waals surface area contributed by atoms with Crippen LogP contribution in [0.1, 0.15) is 54.4 Å². The standard InChI is InChI=1S/C17H40B4O/c1-7-9(3)10(4)11(5)15(20)17(22)16(21)12(6)14(19)13(18)8-2/h9-17,22H,7-8,18-21H2,1-6H3. The van der Waals surface area contributed by atoms with Gasteiger partial charge < -0.3 is 5.11 Å². The summed E-state index contributed by atoms with van der Waals surface area (Å²) in [5.74, 6) is 4.68. The van der Waals surface area contributed by atoms with Gasteiger partial charge in [-0.25, -0.2) is 0 Å². The molecule has 0 radical (unpaired) electrons. The van der Waals surface area contributed by atoms with Gasteiger partial charge in [-0.3, -0.25) is 0 Å². The van der Waals surface area contributed by atoms with E-state index in [1.165, 1.54) is 12.8 Å². The molecule has 0 heterocycles. The van der Waals surface area contributed by atoms with Crippen LogP contribution in [0.25, 0.3) is 0 Å². The summed E-state index contributed by atoms with van der Waals surface area (Å²) in [4.78, 5) is 0. The summed E-state index contributed by atoms with van der Waals surface area (Å²) in [6, 6.07) is 0. The third kappa shape index (κ3) is 5.69. The van der Waals surface area contributed by atoms with Crippen molar-refractivity contribution in [3.05, 3.63) is 0 Å². The van der Waals surface area contributed by atoms with Crippen molar-refractivity contribution in [1.82, 2.24) is 0 Å². The lowest BCUT2D eigenvalue weighted by atomic mass is 9.52. The van der Waals surface area contributed by atoms with Crippen molar-refractivity contribution in [2.45, 2.75) is 83.8 Å². The highest BCUT2D eigenvalue weighted by Crippen LogP contribution is 2.42. The van der Waals surface area contributed by atoms with Crippen molar-refractivity contribution in [2.24, 2.45) is 23.7 Å². The Hall–Kier alpha value is 0.220. The molecule has 5 heteroatoms. The van der Waals surface area contributed by atoms with Crippen molar-refractivity contribution in [1.29, 1.82) is 0 Å². The van der Waals surface area contributed by atoms with Crippen molar-refractivity contribution in [3.8, 4) is 0 Å². The van der Waals surface area contributed by atoms with Gasteiger partial charge in [-0.2, -0.15) is 0 Å². The molecular formula is C17H40B4O. The summed E-state index contributed by atoms with van der Waals surface area (Å²) < 4.78 is 0. The van der Waals surface area contributed by atoms with E-state index in [1.807, 2.05) is 0 Å². The fraction of sp³-hybridized carbons (Fsp3) is 1.00. The summed E-state index contributed by atoms with van der Waals surface area (Å²) in [6.45, 7) is 13.9. The first-order valence-electron chi connectivity index (χ1n) is 9.77. The summed E-state index contributed by atoms with van der Waals surface area (Å²) in [5, 5.41) is 10.9. The van der Waals surface area contributed by atoms with E-state index >= 15 is 0 Å². The molecule has 0 saturated heterocycles. The fourth-order valence-electron chi connectivity index (χ4n) is 3.84. The second-order valence-electron chi connectivity index (χ2n) is 8.42. The van der Waals surface area contributed by atoms with Crippen LogP contribution in [0.2, 0.25) is 23.3 Å². The van der Waals surface area contributed by atoms with E-state index in [-0.39, 0.29) is 6.10 Å². The van der Waals surface area contributed by atoms with Crippen LogP contribution in [0.3, 0.4) is 0 Å². The van der Waals surface area contributed by atoms with Crippen molar-refractivity contribution >= 4 is 31.4 Å². The SMILES string of the molecule is BC(CC)C(B)C(C)C(B)C(O)C(B)C(C)C(C)C(C)CC. The third-order valence-electron chi connectivity index (χ3n) is 7.48. The van der Waals surface area contributed by atoms with Crippen molar-refractivity contribution in [3.63, 3.8) is 0 Å². The van der Waals surface area contributed by atoms with E-state index in [0.717, 1.165) is 11.7 Å². The van der Waals surface area contributed by atoms with E-state index in [0.29, 0.717) is 35.2 Å². The lowest BCUT2D eigenvalue weighted by molar-refractivity contribution is 0.0996. The van der Waals surface area contributed by atoms with Crippen molar-refractivity contribution in [2.75, 3.05) is 0 Å².